The van der Waals surface area contributed by atoms with Gasteiger partial charge in [-0.25, -0.2) is 13.4 Å². The molecule has 0 amide bonds. The van der Waals surface area contributed by atoms with Crippen molar-refractivity contribution in [3.8, 4) is 0 Å². The molecule has 0 saturated heterocycles. The number of likely N-dealkylation sites (N-methyl/N-ethyl adjacent to an activating group) is 1. The van der Waals surface area contributed by atoms with E-state index < -0.39 is 10.0 Å². The van der Waals surface area contributed by atoms with Gasteiger partial charge in [-0.15, -0.1) is 0 Å². The van der Waals surface area contributed by atoms with Crippen LogP contribution in [0.25, 0.3) is 0 Å². The van der Waals surface area contributed by atoms with Gasteiger partial charge >= 0.3 is 0 Å². The highest BCUT2D eigenvalue weighted by Gasteiger charge is 2.26. The number of pyridine rings is 1. The maximum absolute atomic E-state index is 12.7. The summed E-state index contributed by atoms with van der Waals surface area (Å²) in [6.45, 7) is 8.12. The Balaban J connectivity index is 2.99. The monoisotopic (exact) mass is 315 g/mol. The minimum atomic E-state index is -3.56. The fourth-order valence-electron chi connectivity index (χ4n) is 1.87. The standard InChI is InChI=1S/C14H25N3O3S/c1-4-9-15-14-13(8-7-10-16-14)21(18,19)17(5-2)11-12-20-6-3/h7-8,10H,4-6,9,11-12H2,1-3H3,(H,15,16). The highest BCUT2D eigenvalue weighted by Crippen LogP contribution is 2.22. The van der Waals surface area contributed by atoms with Gasteiger partial charge in [-0.2, -0.15) is 4.31 Å². The second-order valence-corrected chi connectivity index (χ2v) is 6.38. The third-order valence-electron chi connectivity index (χ3n) is 2.97. The van der Waals surface area contributed by atoms with E-state index in [0.717, 1.165) is 6.42 Å². The maximum Gasteiger partial charge on any atom is 0.246 e. The molecule has 21 heavy (non-hydrogen) atoms. The summed E-state index contributed by atoms with van der Waals surface area (Å²) < 4.78 is 32.1. The molecule has 0 bridgehead atoms. The van der Waals surface area contributed by atoms with Gasteiger partial charge < -0.3 is 10.1 Å². The molecule has 0 aliphatic heterocycles. The normalized spacial score (nSPS) is 11.8. The minimum absolute atomic E-state index is 0.219. The van der Waals surface area contributed by atoms with Crippen molar-refractivity contribution in [3.05, 3.63) is 18.3 Å². The first kappa shape index (κ1) is 17.9. The van der Waals surface area contributed by atoms with Crippen molar-refractivity contribution < 1.29 is 13.2 Å². The predicted molar refractivity (Wildman–Crippen MR) is 83.9 cm³/mol. The van der Waals surface area contributed by atoms with Crippen LogP contribution in [0.5, 0.6) is 0 Å². The zero-order valence-electron chi connectivity index (χ0n) is 13.0. The maximum atomic E-state index is 12.7. The van der Waals surface area contributed by atoms with Crippen LogP contribution in [0.3, 0.4) is 0 Å². The molecule has 0 spiro atoms. The Hall–Kier alpha value is -1.18. The lowest BCUT2D eigenvalue weighted by Gasteiger charge is -2.21. The SMILES string of the molecule is CCCNc1ncccc1S(=O)(=O)N(CC)CCOCC. The Morgan fingerprint density at radius 2 is 2.10 bits per heavy atom. The Morgan fingerprint density at radius 1 is 1.33 bits per heavy atom. The van der Waals surface area contributed by atoms with Crippen molar-refractivity contribution in [3.63, 3.8) is 0 Å². The number of rotatable bonds is 10. The molecule has 0 aromatic carbocycles. The molecule has 1 rings (SSSR count). The molecule has 120 valence electrons. The molecule has 0 aliphatic rings. The van der Waals surface area contributed by atoms with Crippen molar-refractivity contribution in [2.75, 3.05) is 38.2 Å². The fraction of sp³-hybridized carbons (Fsp3) is 0.643. The number of nitrogens with zero attached hydrogens (tertiary/aromatic N) is 2. The topological polar surface area (TPSA) is 71.5 Å². The van der Waals surface area contributed by atoms with Gasteiger partial charge in [0.15, 0.2) is 0 Å². The Bertz CT molecular complexity index is 520. The first-order valence-electron chi connectivity index (χ1n) is 7.34. The number of ether oxygens (including phenoxy) is 1. The fourth-order valence-corrected chi connectivity index (χ4v) is 3.43. The molecule has 6 nitrogen and oxygen atoms in total. The van der Waals surface area contributed by atoms with Crippen LogP contribution in [0.2, 0.25) is 0 Å². The summed E-state index contributed by atoms with van der Waals surface area (Å²) in [5.74, 6) is 0.411. The zero-order valence-corrected chi connectivity index (χ0v) is 13.8. The number of aromatic nitrogens is 1. The highest BCUT2D eigenvalue weighted by molar-refractivity contribution is 7.89. The molecular weight excluding hydrogens is 290 g/mol. The van der Waals surface area contributed by atoms with Crippen LogP contribution in [0.1, 0.15) is 27.2 Å². The van der Waals surface area contributed by atoms with Gasteiger partial charge in [0.2, 0.25) is 10.0 Å². The summed E-state index contributed by atoms with van der Waals surface area (Å²) in [4.78, 5) is 4.37. The van der Waals surface area contributed by atoms with E-state index in [2.05, 4.69) is 10.3 Å². The predicted octanol–water partition coefficient (Wildman–Crippen LogP) is 1.95. The van der Waals surface area contributed by atoms with E-state index in [9.17, 15) is 8.42 Å². The van der Waals surface area contributed by atoms with Crippen LogP contribution in [-0.2, 0) is 14.8 Å². The summed E-state index contributed by atoms with van der Waals surface area (Å²) in [5.41, 5.74) is 0. The molecule has 1 aromatic rings. The second-order valence-electron chi connectivity index (χ2n) is 4.47. The van der Waals surface area contributed by atoms with Crippen molar-refractivity contribution in [2.45, 2.75) is 32.1 Å². The van der Waals surface area contributed by atoms with Crippen LogP contribution >= 0.6 is 0 Å². The van der Waals surface area contributed by atoms with E-state index in [1.54, 1.807) is 18.3 Å². The molecule has 0 saturated carbocycles. The number of hydrogen-bond donors (Lipinski definition) is 1. The van der Waals surface area contributed by atoms with E-state index >= 15 is 0 Å². The lowest BCUT2D eigenvalue weighted by molar-refractivity contribution is 0.135. The molecule has 0 radical (unpaired) electrons. The van der Waals surface area contributed by atoms with Crippen molar-refractivity contribution in [1.29, 1.82) is 0 Å². The molecule has 1 N–H and O–H groups in total. The minimum Gasteiger partial charge on any atom is -0.380 e. The molecule has 0 atom stereocenters. The average molecular weight is 315 g/mol. The molecule has 0 aliphatic carbocycles. The van der Waals surface area contributed by atoms with E-state index in [1.165, 1.54) is 4.31 Å². The molecule has 0 fully saturated rings. The van der Waals surface area contributed by atoms with Crippen molar-refractivity contribution >= 4 is 15.8 Å². The second kappa shape index (κ2) is 8.96. The molecule has 7 heteroatoms. The highest BCUT2D eigenvalue weighted by atomic mass is 32.2. The first-order chi connectivity index (χ1) is 10.1. The van der Waals surface area contributed by atoms with Crippen LogP contribution in [0.4, 0.5) is 5.82 Å². The quantitative estimate of drug-likeness (QED) is 0.668. The third kappa shape index (κ3) is 4.94. The Kier molecular flexibility index (Phi) is 7.63. The number of nitrogens with one attached hydrogen (secondary N) is 1. The first-order valence-corrected chi connectivity index (χ1v) is 8.78. The van der Waals surface area contributed by atoms with E-state index in [-0.39, 0.29) is 4.90 Å². The Morgan fingerprint density at radius 3 is 2.71 bits per heavy atom. The molecule has 1 heterocycles. The van der Waals surface area contributed by atoms with Crippen LogP contribution in [0.15, 0.2) is 23.2 Å². The van der Waals surface area contributed by atoms with Crippen LogP contribution in [0, 0.1) is 0 Å². The summed E-state index contributed by atoms with van der Waals surface area (Å²) in [6, 6.07) is 3.23. The summed E-state index contributed by atoms with van der Waals surface area (Å²) in [6.07, 6.45) is 2.49. The smallest absolute Gasteiger partial charge is 0.246 e. The largest absolute Gasteiger partial charge is 0.380 e. The lowest BCUT2D eigenvalue weighted by atomic mass is 10.4. The van der Waals surface area contributed by atoms with Gasteiger partial charge in [0.05, 0.1) is 6.61 Å². The number of anilines is 1. The average Bonchev–Trinajstić information content (AvgIpc) is 2.49. The third-order valence-corrected chi connectivity index (χ3v) is 4.98. The van der Waals surface area contributed by atoms with Crippen molar-refractivity contribution in [2.24, 2.45) is 0 Å². The molecule has 1 aromatic heterocycles. The van der Waals surface area contributed by atoms with Gasteiger partial charge in [0.1, 0.15) is 10.7 Å². The number of sulfonamides is 1. The van der Waals surface area contributed by atoms with Gasteiger partial charge in [0.25, 0.3) is 0 Å². The van der Waals surface area contributed by atoms with Crippen LogP contribution in [-0.4, -0.2) is 50.6 Å². The number of hydrogen-bond acceptors (Lipinski definition) is 5. The lowest BCUT2D eigenvalue weighted by Crippen LogP contribution is -2.34. The van der Waals surface area contributed by atoms with E-state index in [4.69, 9.17) is 4.74 Å². The summed E-state index contributed by atoms with van der Waals surface area (Å²) in [5, 5.41) is 3.07. The molecular formula is C14H25N3O3S. The van der Waals surface area contributed by atoms with Crippen molar-refractivity contribution in [1.82, 2.24) is 9.29 Å². The van der Waals surface area contributed by atoms with Gasteiger partial charge in [-0.1, -0.05) is 13.8 Å². The zero-order chi connectivity index (χ0) is 15.7. The van der Waals surface area contributed by atoms with E-state index in [0.29, 0.717) is 38.7 Å². The van der Waals surface area contributed by atoms with Gasteiger partial charge in [-0.05, 0) is 25.5 Å². The van der Waals surface area contributed by atoms with Gasteiger partial charge in [0, 0.05) is 32.4 Å². The van der Waals surface area contributed by atoms with E-state index in [1.807, 2.05) is 20.8 Å². The van der Waals surface area contributed by atoms with Crippen LogP contribution < -0.4 is 5.32 Å². The summed E-state index contributed by atoms with van der Waals surface area (Å²) in [7, 11) is -3.56. The molecule has 0 unspecified atom stereocenters. The Labute approximate surface area is 127 Å². The van der Waals surface area contributed by atoms with Gasteiger partial charge in [-0.3, -0.25) is 0 Å². The summed E-state index contributed by atoms with van der Waals surface area (Å²) >= 11 is 0.